The first kappa shape index (κ1) is 13.5. The topological polar surface area (TPSA) is 38.0 Å². The molecule has 1 saturated carbocycles. The third-order valence-corrected chi connectivity index (χ3v) is 4.03. The number of benzene rings is 1. The van der Waals surface area contributed by atoms with E-state index in [9.17, 15) is 4.39 Å². The first-order chi connectivity index (χ1) is 8.52. The summed E-state index contributed by atoms with van der Waals surface area (Å²) in [4.78, 5) is 0. The molecule has 3 unspecified atom stereocenters. The minimum atomic E-state index is -0.187. The van der Waals surface area contributed by atoms with Crippen molar-refractivity contribution in [2.75, 3.05) is 13.1 Å². The Balaban J connectivity index is 1.91. The van der Waals surface area contributed by atoms with Gasteiger partial charge in [0.1, 0.15) is 5.82 Å². The van der Waals surface area contributed by atoms with Crippen LogP contribution in [0.2, 0.25) is 0 Å². The Kier molecular flexibility index (Phi) is 4.03. The second kappa shape index (κ2) is 5.37. The maximum Gasteiger partial charge on any atom is 0.123 e. The highest BCUT2D eigenvalue weighted by Gasteiger charge is 2.34. The largest absolute Gasteiger partial charge is 0.329 e. The van der Waals surface area contributed by atoms with E-state index in [0.29, 0.717) is 6.54 Å². The van der Waals surface area contributed by atoms with Crippen LogP contribution in [0.25, 0.3) is 0 Å². The predicted molar refractivity (Wildman–Crippen MR) is 72.8 cm³/mol. The zero-order chi connectivity index (χ0) is 13.2. The third kappa shape index (κ3) is 3.53. The van der Waals surface area contributed by atoms with Crippen molar-refractivity contribution in [2.24, 2.45) is 17.6 Å². The molecule has 1 aliphatic carbocycles. The van der Waals surface area contributed by atoms with E-state index in [0.717, 1.165) is 30.4 Å². The Bertz CT molecular complexity index is 390. The average Bonchev–Trinajstić information content (AvgIpc) is 3.06. The van der Waals surface area contributed by atoms with Crippen molar-refractivity contribution in [3.8, 4) is 0 Å². The molecular formula is C15H23FN2. The summed E-state index contributed by atoms with van der Waals surface area (Å²) < 4.78 is 12.9. The Labute approximate surface area is 109 Å². The highest BCUT2D eigenvalue weighted by Crippen LogP contribution is 2.37. The first-order valence-corrected chi connectivity index (χ1v) is 6.72. The molecule has 1 aromatic rings. The minimum absolute atomic E-state index is 0.0971. The molecule has 18 heavy (non-hydrogen) atoms. The normalized spacial score (nSPS) is 25.8. The average molecular weight is 250 g/mol. The Hall–Kier alpha value is -0.930. The van der Waals surface area contributed by atoms with Gasteiger partial charge in [-0.3, -0.25) is 0 Å². The number of hydrogen-bond acceptors (Lipinski definition) is 2. The predicted octanol–water partition coefficient (Wildman–Crippen LogP) is 2.33. The van der Waals surface area contributed by atoms with Gasteiger partial charge in [-0.1, -0.05) is 19.1 Å². The van der Waals surface area contributed by atoms with Crippen LogP contribution < -0.4 is 11.1 Å². The monoisotopic (exact) mass is 250 g/mol. The molecule has 3 atom stereocenters. The van der Waals surface area contributed by atoms with E-state index >= 15 is 0 Å². The van der Waals surface area contributed by atoms with E-state index in [1.807, 2.05) is 12.1 Å². The van der Waals surface area contributed by atoms with Gasteiger partial charge in [0.2, 0.25) is 0 Å². The number of hydrogen-bond donors (Lipinski definition) is 2. The summed E-state index contributed by atoms with van der Waals surface area (Å²) in [6, 6.07) is 6.69. The van der Waals surface area contributed by atoms with E-state index in [1.54, 1.807) is 0 Å². The minimum Gasteiger partial charge on any atom is -0.329 e. The molecule has 1 aliphatic rings. The maximum atomic E-state index is 12.9. The molecule has 0 amide bonds. The highest BCUT2D eigenvalue weighted by molar-refractivity contribution is 5.19. The van der Waals surface area contributed by atoms with Crippen LogP contribution in [-0.4, -0.2) is 18.6 Å². The third-order valence-electron chi connectivity index (χ3n) is 4.03. The van der Waals surface area contributed by atoms with Crippen LogP contribution in [0.5, 0.6) is 0 Å². The lowest BCUT2D eigenvalue weighted by Crippen LogP contribution is -2.51. The Morgan fingerprint density at radius 3 is 2.50 bits per heavy atom. The van der Waals surface area contributed by atoms with Gasteiger partial charge in [0.15, 0.2) is 0 Å². The molecule has 1 aromatic carbocycles. The fraction of sp³-hybridized carbons (Fsp3) is 0.600. The second-order valence-corrected chi connectivity index (χ2v) is 5.92. The van der Waals surface area contributed by atoms with Gasteiger partial charge in [0, 0.05) is 12.1 Å². The van der Waals surface area contributed by atoms with E-state index in [-0.39, 0.29) is 11.4 Å². The lowest BCUT2D eigenvalue weighted by Gasteiger charge is -2.30. The smallest absolute Gasteiger partial charge is 0.123 e. The number of rotatable bonds is 6. The highest BCUT2D eigenvalue weighted by atomic mass is 19.1. The molecule has 0 aliphatic heterocycles. The van der Waals surface area contributed by atoms with Crippen molar-refractivity contribution >= 4 is 0 Å². The van der Waals surface area contributed by atoms with Gasteiger partial charge in [-0.15, -0.1) is 0 Å². The van der Waals surface area contributed by atoms with E-state index in [4.69, 9.17) is 5.73 Å². The summed E-state index contributed by atoms with van der Waals surface area (Å²) in [5, 5.41) is 3.58. The van der Waals surface area contributed by atoms with Gasteiger partial charge in [0.25, 0.3) is 0 Å². The molecule has 2 rings (SSSR count). The lowest BCUT2D eigenvalue weighted by molar-refractivity contribution is 0.352. The quantitative estimate of drug-likeness (QED) is 0.813. The van der Waals surface area contributed by atoms with Crippen LogP contribution in [0.3, 0.4) is 0 Å². The first-order valence-electron chi connectivity index (χ1n) is 6.72. The number of nitrogens with two attached hydrogens (primary N) is 1. The van der Waals surface area contributed by atoms with Gasteiger partial charge in [-0.25, -0.2) is 4.39 Å². The zero-order valence-corrected chi connectivity index (χ0v) is 11.2. The van der Waals surface area contributed by atoms with Gasteiger partial charge in [0.05, 0.1) is 0 Å². The van der Waals surface area contributed by atoms with Crippen molar-refractivity contribution in [2.45, 2.75) is 32.2 Å². The van der Waals surface area contributed by atoms with Crippen molar-refractivity contribution < 1.29 is 4.39 Å². The van der Waals surface area contributed by atoms with Crippen molar-refractivity contribution in [1.82, 2.24) is 5.32 Å². The van der Waals surface area contributed by atoms with Gasteiger partial charge in [-0.05, 0) is 55.8 Å². The number of halogens is 1. The summed E-state index contributed by atoms with van der Waals surface area (Å²) in [6.07, 6.45) is 2.16. The molecule has 0 heterocycles. The van der Waals surface area contributed by atoms with Crippen LogP contribution in [0, 0.1) is 17.7 Å². The molecule has 3 N–H and O–H groups in total. The Morgan fingerprint density at radius 2 is 2.00 bits per heavy atom. The summed E-state index contributed by atoms with van der Waals surface area (Å²) in [5.74, 6) is 1.47. The number of nitrogens with one attached hydrogen (secondary N) is 1. The molecule has 0 saturated heterocycles. The van der Waals surface area contributed by atoms with E-state index in [1.165, 1.54) is 18.6 Å². The van der Waals surface area contributed by atoms with Crippen LogP contribution in [-0.2, 0) is 6.42 Å². The van der Waals surface area contributed by atoms with Gasteiger partial charge in [-0.2, -0.15) is 0 Å². The maximum absolute atomic E-state index is 12.9. The molecule has 0 spiro atoms. The molecule has 0 radical (unpaired) electrons. The van der Waals surface area contributed by atoms with Crippen LogP contribution >= 0.6 is 0 Å². The van der Waals surface area contributed by atoms with Crippen LogP contribution in [0.15, 0.2) is 24.3 Å². The van der Waals surface area contributed by atoms with E-state index in [2.05, 4.69) is 19.2 Å². The standard InChI is InChI=1S/C15H23FN2/c1-11-7-13(11)9-18-15(2,10-17)8-12-3-5-14(16)6-4-12/h3-6,11,13,18H,7-10,17H2,1-2H3. The molecule has 3 heteroatoms. The van der Waals surface area contributed by atoms with Gasteiger partial charge < -0.3 is 11.1 Å². The SMILES string of the molecule is CC1CC1CNC(C)(CN)Cc1ccc(F)cc1. The van der Waals surface area contributed by atoms with Crippen molar-refractivity contribution in [3.63, 3.8) is 0 Å². The summed E-state index contributed by atoms with van der Waals surface area (Å²) >= 11 is 0. The van der Waals surface area contributed by atoms with Crippen molar-refractivity contribution in [1.29, 1.82) is 0 Å². The van der Waals surface area contributed by atoms with Crippen LogP contribution in [0.4, 0.5) is 4.39 Å². The lowest BCUT2D eigenvalue weighted by atomic mass is 9.92. The van der Waals surface area contributed by atoms with Crippen molar-refractivity contribution in [3.05, 3.63) is 35.6 Å². The van der Waals surface area contributed by atoms with Gasteiger partial charge >= 0.3 is 0 Å². The molecule has 0 aromatic heterocycles. The summed E-state index contributed by atoms with van der Waals surface area (Å²) in [7, 11) is 0. The van der Waals surface area contributed by atoms with Crippen LogP contribution in [0.1, 0.15) is 25.8 Å². The molecular weight excluding hydrogens is 227 g/mol. The fourth-order valence-electron chi connectivity index (χ4n) is 2.32. The molecule has 100 valence electrons. The Morgan fingerprint density at radius 1 is 1.39 bits per heavy atom. The second-order valence-electron chi connectivity index (χ2n) is 5.92. The molecule has 2 nitrogen and oxygen atoms in total. The summed E-state index contributed by atoms with van der Waals surface area (Å²) in [6.45, 7) is 6.05. The summed E-state index contributed by atoms with van der Waals surface area (Å²) in [5.41, 5.74) is 6.92. The molecule has 1 fully saturated rings. The fourth-order valence-corrected chi connectivity index (χ4v) is 2.32. The molecule has 0 bridgehead atoms. The van der Waals surface area contributed by atoms with E-state index < -0.39 is 0 Å². The zero-order valence-electron chi connectivity index (χ0n) is 11.2.